The van der Waals surface area contributed by atoms with Gasteiger partial charge < -0.3 is 0 Å². The summed E-state index contributed by atoms with van der Waals surface area (Å²) < 4.78 is 0. The summed E-state index contributed by atoms with van der Waals surface area (Å²) in [6, 6.07) is 0. The van der Waals surface area contributed by atoms with Gasteiger partial charge in [-0.1, -0.05) is 0 Å². The van der Waals surface area contributed by atoms with Crippen LogP contribution in [0.4, 0.5) is 0 Å². The van der Waals surface area contributed by atoms with Gasteiger partial charge in [0.15, 0.2) is 0 Å². The molecule has 0 spiro atoms. The molecule has 0 aromatic rings. The van der Waals surface area contributed by atoms with Crippen molar-refractivity contribution in [1.29, 1.82) is 0 Å². The molecule has 0 saturated heterocycles. The van der Waals surface area contributed by atoms with Gasteiger partial charge in [0.1, 0.15) is 0 Å². The van der Waals surface area contributed by atoms with E-state index in [1.807, 2.05) is 0 Å². The molecule has 4 heteroatoms. The molecule has 0 fully saturated rings. The molecule has 0 heterocycles. The molecule has 0 atom stereocenters. The van der Waals surface area contributed by atoms with E-state index in [2.05, 4.69) is 12.1 Å². The molecule has 0 N–H and O–H groups in total. The zero-order valence-electron chi connectivity index (χ0n) is 1.46. The second kappa shape index (κ2) is 17.5. The summed E-state index contributed by atoms with van der Waals surface area (Å²) in [6.07, 6.45) is 0. The SMILES string of the molecule is [Cu].[GaH3].[SeH][Cd]. The van der Waals surface area contributed by atoms with Crippen LogP contribution in [-0.2, 0) is 40.4 Å². The summed E-state index contributed by atoms with van der Waals surface area (Å²) in [7, 11) is 0. The quantitative estimate of drug-likeness (QED) is 0.459. The molecule has 0 aliphatic heterocycles. The van der Waals surface area contributed by atoms with Crippen molar-refractivity contribution in [3.63, 3.8) is 0 Å². The second-order valence-electron chi connectivity index (χ2n) is 0. The fourth-order valence-corrected chi connectivity index (χ4v) is 0. The minimum atomic E-state index is 0. The third-order valence-corrected chi connectivity index (χ3v) is 0. The van der Waals surface area contributed by atoms with E-state index < -0.39 is 0 Å². The Kier molecular flexibility index (Phi) is 70.0. The summed E-state index contributed by atoms with van der Waals surface area (Å²) in [5.41, 5.74) is 0. The molecule has 0 aliphatic rings. The molecule has 0 aliphatic carbocycles. The summed E-state index contributed by atoms with van der Waals surface area (Å²) in [5, 5.41) is 0. The molecule has 4 heavy (non-hydrogen) atoms. The molecular weight excluding hydrogens is 325 g/mol. The molecule has 0 aromatic heterocycles. The van der Waals surface area contributed by atoms with Gasteiger partial charge in [-0.2, -0.15) is 0 Å². The molecule has 0 rings (SSSR count). The van der Waals surface area contributed by atoms with Gasteiger partial charge in [-0.15, -0.1) is 0 Å². The first-order valence-corrected chi connectivity index (χ1v) is 11.0. The van der Waals surface area contributed by atoms with Gasteiger partial charge in [0, 0.05) is 17.1 Å². The predicted octanol–water partition coefficient (Wildman–Crippen LogP) is -1.84. The molecule has 0 saturated carbocycles. The Morgan fingerprint density at radius 2 is 1.25 bits per heavy atom. The van der Waals surface area contributed by atoms with E-state index in [1.54, 1.807) is 0 Å². The van der Waals surface area contributed by atoms with Crippen LogP contribution in [0.2, 0.25) is 0 Å². The second-order valence-corrected chi connectivity index (χ2v) is 0. The van der Waals surface area contributed by atoms with Gasteiger partial charge >= 0.3 is 55.2 Å². The van der Waals surface area contributed by atoms with E-state index in [0.717, 1.165) is 23.3 Å². The summed E-state index contributed by atoms with van der Waals surface area (Å²) in [6.45, 7) is 0. The van der Waals surface area contributed by atoms with Crippen molar-refractivity contribution in [2.45, 2.75) is 0 Å². The molecular formula is H4CdCuGaSe. The summed E-state index contributed by atoms with van der Waals surface area (Å²) in [4.78, 5) is 0. The first-order chi connectivity index (χ1) is 1.00. The van der Waals surface area contributed by atoms with Crippen molar-refractivity contribution in [1.82, 2.24) is 0 Å². The van der Waals surface area contributed by atoms with E-state index in [9.17, 15) is 0 Å². The van der Waals surface area contributed by atoms with Crippen molar-refractivity contribution in [2.75, 3.05) is 0 Å². The van der Waals surface area contributed by atoms with Crippen LogP contribution in [0.3, 0.4) is 0 Å². The first-order valence-electron chi connectivity index (χ1n) is 0.316. The Labute approximate surface area is 71.0 Å². The first kappa shape index (κ1) is 16.0. The van der Waals surface area contributed by atoms with Crippen molar-refractivity contribution >= 4 is 31.8 Å². The van der Waals surface area contributed by atoms with Gasteiger partial charge in [-0.05, 0) is 0 Å². The molecule has 0 unspecified atom stereocenters. The standard InChI is InChI=1S/Cd.Cu.Ga.H2Se.3H/h;;;1H2;;;/q+1;;;;;;/p-1. The van der Waals surface area contributed by atoms with Gasteiger partial charge in [0.25, 0.3) is 0 Å². The number of rotatable bonds is 0. The van der Waals surface area contributed by atoms with Crippen LogP contribution >= 0.6 is 0 Å². The fourth-order valence-electron chi connectivity index (χ4n) is 0. The molecule has 1 radical (unpaired) electrons. The van der Waals surface area contributed by atoms with Gasteiger partial charge in [-0.25, -0.2) is 0 Å². The topological polar surface area (TPSA) is 0 Å². The van der Waals surface area contributed by atoms with Crippen molar-refractivity contribution < 1.29 is 40.4 Å². The average molecular weight is 329 g/mol. The van der Waals surface area contributed by atoms with Crippen LogP contribution in [0.25, 0.3) is 0 Å². The van der Waals surface area contributed by atoms with Crippen LogP contribution in [0.1, 0.15) is 0 Å². The van der Waals surface area contributed by atoms with Crippen molar-refractivity contribution in [3.8, 4) is 0 Å². The van der Waals surface area contributed by atoms with E-state index in [0.29, 0.717) is 0 Å². The van der Waals surface area contributed by atoms with Crippen LogP contribution in [0.15, 0.2) is 0 Å². The fraction of sp³-hybridized carbons (Fsp3) is 0. The average Bonchev–Trinajstić information content (AvgIpc) is 1.00. The van der Waals surface area contributed by atoms with Crippen molar-refractivity contribution in [2.24, 2.45) is 0 Å². The zero-order chi connectivity index (χ0) is 2.00. The van der Waals surface area contributed by atoms with Gasteiger partial charge in [-0.3, -0.25) is 0 Å². The van der Waals surface area contributed by atoms with Crippen LogP contribution in [0, 0.1) is 0 Å². The maximum absolute atomic E-state index is 2.48. The van der Waals surface area contributed by atoms with Crippen molar-refractivity contribution in [3.05, 3.63) is 0 Å². The van der Waals surface area contributed by atoms with Crippen LogP contribution in [0.5, 0.6) is 0 Å². The molecule has 0 nitrogen and oxygen atoms in total. The number of hydrogen-bond acceptors (Lipinski definition) is 0. The Hall–Kier alpha value is 2.60. The summed E-state index contributed by atoms with van der Waals surface area (Å²) in [5.74, 6) is 0. The molecule has 0 amide bonds. The third kappa shape index (κ3) is 8.82. The molecule has 0 aromatic carbocycles. The Bertz CT molecular complexity index is 8.00. The number of hydrogen-bond donors (Lipinski definition) is 0. The van der Waals surface area contributed by atoms with Crippen LogP contribution in [-0.4, -0.2) is 31.8 Å². The molecule has 0 bridgehead atoms. The van der Waals surface area contributed by atoms with E-state index in [4.69, 9.17) is 0 Å². The van der Waals surface area contributed by atoms with Gasteiger partial charge in [0.05, 0.1) is 0 Å². The Balaban J connectivity index is -0.00000000500. The Morgan fingerprint density at radius 1 is 1.25 bits per heavy atom. The zero-order valence-corrected chi connectivity index (χ0v) is 8.31. The van der Waals surface area contributed by atoms with E-state index >= 15 is 0 Å². The predicted molar refractivity (Wildman–Crippen MR) is 17.1 cm³/mol. The third-order valence-electron chi connectivity index (χ3n) is 0. The van der Waals surface area contributed by atoms with E-state index in [1.165, 1.54) is 0 Å². The van der Waals surface area contributed by atoms with Gasteiger partial charge in [0.2, 0.25) is 0 Å². The normalized spacial score (nSPS) is 1.75. The van der Waals surface area contributed by atoms with E-state index in [-0.39, 0.29) is 36.9 Å². The van der Waals surface area contributed by atoms with Crippen LogP contribution < -0.4 is 0 Å². The Morgan fingerprint density at radius 3 is 1.25 bits per heavy atom. The maximum atomic E-state index is 2.48. The summed E-state index contributed by atoms with van der Waals surface area (Å²) >= 11 is 3.57. The minimum absolute atomic E-state index is 0. The molecule has 26 valence electrons. The monoisotopic (exact) mass is 330 g/mol.